The maximum atomic E-state index is 13.6. The van der Waals surface area contributed by atoms with E-state index in [1.165, 1.54) is 4.57 Å². The number of aryl methyl sites for hydroxylation is 1. The zero-order valence-electron chi connectivity index (χ0n) is 18.2. The number of rotatable bonds is 5. The monoisotopic (exact) mass is 429 g/mol. The van der Waals surface area contributed by atoms with Crippen LogP contribution in [0.2, 0.25) is 0 Å². The van der Waals surface area contributed by atoms with E-state index >= 15 is 0 Å². The summed E-state index contributed by atoms with van der Waals surface area (Å²) in [5, 5.41) is 9.01. The third kappa shape index (κ3) is 4.51. The molecule has 0 unspecified atom stereocenters. The standard InChI is InChI=1S/C25H27N5O2/c1-18-5-2-3-6-21(18)16-29-23(28-12-4-7-22(27)17-28)13-24(31)30(25(29)32)15-20-10-8-19(14-26)9-11-20/h2-3,5-6,8-11,13,22H,4,7,12,15-17,27H2,1H3/t22-/m1/s1. The average Bonchev–Trinajstić information content (AvgIpc) is 2.80. The minimum Gasteiger partial charge on any atom is -0.356 e. The van der Waals surface area contributed by atoms with E-state index in [-0.39, 0.29) is 23.8 Å². The zero-order chi connectivity index (χ0) is 22.7. The summed E-state index contributed by atoms with van der Waals surface area (Å²) in [6.07, 6.45) is 1.86. The predicted octanol–water partition coefficient (Wildman–Crippen LogP) is 2.21. The Morgan fingerprint density at radius 2 is 1.81 bits per heavy atom. The molecule has 7 nitrogen and oxygen atoms in total. The van der Waals surface area contributed by atoms with Gasteiger partial charge in [0.05, 0.1) is 24.7 Å². The van der Waals surface area contributed by atoms with E-state index in [9.17, 15) is 9.59 Å². The lowest BCUT2D eigenvalue weighted by molar-refractivity contribution is 0.490. The van der Waals surface area contributed by atoms with Crippen molar-refractivity contribution in [2.45, 2.75) is 38.9 Å². The van der Waals surface area contributed by atoms with Gasteiger partial charge in [-0.15, -0.1) is 0 Å². The molecule has 3 aromatic rings. The first kappa shape index (κ1) is 21.6. The van der Waals surface area contributed by atoms with Crippen LogP contribution in [0, 0.1) is 18.3 Å². The number of nitrogens with zero attached hydrogens (tertiary/aromatic N) is 4. The average molecular weight is 430 g/mol. The lowest BCUT2D eigenvalue weighted by atomic mass is 10.1. The van der Waals surface area contributed by atoms with Crippen LogP contribution >= 0.6 is 0 Å². The van der Waals surface area contributed by atoms with Crippen LogP contribution in [0.1, 0.15) is 35.1 Å². The summed E-state index contributed by atoms with van der Waals surface area (Å²) in [5.41, 5.74) is 8.94. The van der Waals surface area contributed by atoms with Crippen molar-refractivity contribution in [1.82, 2.24) is 9.13 Å². The SMILES string of the molecule is Cc1ccccc1Cn1c(N2CCC[C@@H](N)C2)cc(=O)n(Cc2ccc(C#N)cc2)c1=O. The molecule has 1 saturated heterocycles. The molecule has 7 heteroatoms. The molecule has 1 atom stereocenters. The van der Waals surface area contributed by atoms with Crippen molar-refractivity contribution < 1.29 is 0 Å². The lowest BCUT2D eigenvalue weighted by Crippen LogP contribution is -2.48. The van der Waals surface area contributed by atoms with E-state index in [0.717, 1.165) is 36.1 Å². The van der Waals surface area contributed by atoms with Gasteiger partial charge in [0.15, 0.2) is 0 Å². The Bertz CT molecular complexity index is 1270. The fourth-order valence-corrected chi connectivity index (χ4v) is 4.20. The van der Waals surface area contributed by atoms with Crippen molar-refractivity contribution in [2.75, 3.05) is 18.0 Å². The molecule has 0 bridgehead atoms. The summed E-state index contributed by atoms with van der Waals surface area (Å²) in [5.74, 6) is 0.620. The predicted molar refractivity (Wildman–Crippen MR) is 125 cm³/mol. The summed E-state index contributed by atoms with van der Waals surface area (Å²) in [6.45, 7) is 3.92. The van der Waals surface area contributed by atoms with Crippen LogP contribution in [0.15, 0.2) is 64.2 Å². The molecular weight excluding hydrogens is 402 g/mol. The Morgan fingerprint density at radius 1 is 1.06 bits per heavy atom. The number of piperidine rings is 1. The molecular formula is C25H27N5O2. The van der Waals surface area contributed by atoms with Gasteiger partial charge < -0.3 is 10.6 Å². The van der Waals surface area contributed by atoms with Crippen LogP contribution in [0.5, 0.6) is 0 Å². The van der Waals surface area contributed by atoms with Gasteiger partial charge in [0.1, 0.15) is 5.82 Å². The number of nitriles is 1. The molecule has 2 heterocycles. The van der Waals surface area contributed by atoms with Gasteiger partial charge in [-0.2, -0.15) is 5.26 Å². The molecule has 164 valence electrons. The molecule has 0 saturated carbocycles. The van der Waals surface area contributed by atoms with E-state index < -0.39 is 0 Å². The third-order valence-electron chi connectivity index (χ3n) is 6.05. The minimum absolute atomic E-state index is 0.0202. The van der Waals surface area contributed by atoms with Crippen molar-refractivity contribution in [3.63, 3.8) is 0 Å². The largest absolute Gasteiger partial charge is 0.356 e. The minimum atomic E-state index is -0.348. The summed E-state index contributed by atoms with van der Waals surface area (Å²) in [6, 6.07) is 18.5. The Labute approximate surface area is 186 Å². The highest BCUT2D eigenvalue weighted by molar-refractivity contribution is 5.41. The summed E-state index contributed by atoms with van der Waals surface area (Å²) < 4.78 is 2.94. The number of hydrogen-bond acceptors (Lipinski definition) is 5. The first-order chi connectivity index (χ1) is 15.5. The topological polar surface area (TPSA) is 97.0 Å². The number of hydrogen-bond donors (Lipinski definition) is 1. The number of anilines is 1. The van der Waals surface area contributed by atoms with Gasteiger partial charge in [0.25, 0.3) is 5.56 Å². The van der Waals surface area contributed by atoms with Crippen LogP contribution in [0.25, 0.3) is 0 Å². The quantitative estimate of drug-likeness (QED) is 0.671. The van der Waals surface area contributed by atoms with Crippen molar-refractivity contribution >= 4 is 5.82 Å². The maximum absolute atomic E-state index is 13.6. The number of nitrogens with two attached hydrogens (primary N) is 1. The normalized spacial score (nSPS) is 16.0. The van der Waals surface area contributed by atoms with Gasteiger partial charge in [0.2, 0.25) is 0 Å². The summed E-state index contributed by atoms with van der Waals surface area (Å²) in [7, 11) is 0. The molecule has 0 spiro atoms. The Hall–Kier alpha value is -3.63. The molecule has 2 aromatic carbocycles. The van der Waals surface area contributed by atoms with E-state index in [4.69, 9.17) is 11.0 Å². The molecule has 32 heavy (non-hydrogen) atoms. The van der Waals surface area contributed by atoms with E-state index in [2.05, 4.69) is 11.0 Å². The third-order valence-corrected chi connectivity index (χ3v) is 6.05. The molecule has 0 amide bonds. The van der Waals surface area contributed by atoms with Crippen LogP contribution in [-0.4, -0.2) is 28.3 Å². The molecule has 2 N–H and O–H groups in total. The molecule has 4 rings (SSSR count). The molecule has 0 aliphatic carbocycles. The molecule has 1 aliphatic rings. The summed E-state index contributed by atoms with van der Waals surface area (Å²) >= 11 is 0. The highest BCUT2D eigenvalue weighted by Gasteiger charge is 2.22. The molecule has 1 aliphatic heterocycles. The van der Waals surface area contributed by atoms with Crippen molar-refractivity contribution in [2.24, 2.45) is 5.73 Å². The van der Waals surface area contributed by atoms with Crippen molar-refractivity contribution in [3.05, 3.63) is 97.7 Å². The molecule has 0 radical (unpaired) electrons. The summed E-state index contributed by atoms with van der Waals surface area (Å²) in [4.78, 5) is 28.7. The van der Waals surface area contributed by atoms with E-state index in [1.54, 1.807) is 34.9 Å². The highest BCUT2D eigenvalue weighted by atomic mass is 16.2. The first-order valence-corrected chi connectivity index (χ1v) is 10.8. The van der Waals surface area contributed by atoms with Crippen LogP contribution in [0.4, 0.5) is 5.82 Å². The van der Waals surface area contributed by atoms with Crippen LogP contribution in [0.3, 0.4) is 0 Å². The van der Waals surface area contributed by atoms with Gasteiger partial charge in [-0.05, 0) is 48.6 Å². The van der Waals surface area contributed by atoms with Crippen LogP contribution in [-0.2, 0) is 13.1 Å². The van der Waals surface area contributed by atoms with Gasteiger partial charge in [-0.1, -0.05) is 36.4 Å². The fourth-order valence-electron chi connectivity index (χ4n) is 4.20. The van der Waals surface area contributed by atoms with Gasteiger partial charge in [0, 0.05) is 25.2 Å². The second-order valence-corrected chi connectivity index (χ2v) is 8.38. The Morgan fingerprint density at radius 3 is 2.50 bits per heavy atom. The molecule has 1 aromatic heterocycles. The van der Waals surface area contributed by atoms with Crippen molar-refractivity contribution in [1.29, 1.82) is 5.26 Å². The number of aromatic nitrogens is 2. The van der Waals surface area contributed by atoms with Gasteiger partial charge >= 0.3 is 5.69 Å². The van der Waals surface area contributed by atoms with Gasteiger partial charge in [-0.3, -0.25) is 13.9 Å². The second-order valence-electron chi connectivity index (χ2n) is 8.38. The smallest absolute Gasteiger partial charge is 0.333 e. The van der Waals surface area contributed by atoms with E-state index in [0.29, 0.717) is 24.5 Å². The second kappa shape index (κ2) is 9.25. The van der Waals surface area contributed by atoms with Crippen molar-refractivity contribution in [3.8, 4) is 6.07 Å². The van der Waals surface area contributed by atoms with Crippen LogP contribution < -0.4 is 21.9 Å². The Balaban J connectivity index is 1.80. The maximum Gasteiger partial charge on any atom is 0.333 e. The van der Waals surface area contributed by atoms with Gasteiger partial charge in [-0.25, -0.2) is 4.79 Å². The van der Waals surface area contributed by atoms with E-state index in [1.807, 2.05) is 31.2 Å². The first-order valence-electron chi connectivity index (χ1n) is 10.8. The zero-order valence-corrected chi connectivity index (χ0v) is 18.2. The number of benzene rings is 2. The molecule has 1 fully saturated rings. The highest BCUT2D eigenvalue weighted by Crippen LogP contribution is 2.19. The fraction of sp³-hybridized carbons (Fsp3) is 0.320. The Kier molecular flexibility index (Phi) is 6.24. The lowest BCUT2D eigenvalue weighted by Gasteiger charge is -2.34.